The van der Waals surface area contributed by atoms with E-state index in [1.807, 2.05) is 0 Å². The van der Waals surface area contributed by atoms with Crippen LogP contribution in [0.15, 0.2) is 23.1 Å². The van der Waals surface area contributed by atoms with Gasteiger partial charge in [-0.3, -0.25) is 13.9 Å². The van der Waals surface area contributed by atoms with Gasteiger partial charge in [-0.05, 0) is 29.8 Å². The first-order valence-electron chi connectivity index (χ1n) is 3.38. The van der Waals surface area contributed by atoms with E-state index in [0.717, 1.165) is 6.07 Å². The van der Waals surface area contributed by atoms with E-state index in [-0.39, 0.29) is 15.5 Å². The van der Waals surface area contributed by atoms with Crippen LogP contribution in [-0.2, 0) is 0 Å². The molecule has 0 radical (unpaired) electrons. The van der Waals surface area contributed by atoms with E-state index in [4.69, 9.17) is 37.4 Å². The Morgan fingerprint density at radius 3 is 2.43 bits per heavy atom. The maximum atomic E-state index is 10.8. The zero-order valence-electron chi connectivity index (χ0n) is 6.78. The standard InChI is InChI=1S/C7H7Cl2NO3S/c8-5-2-1-4(7(9)11)3-6(5)14(10,12)13/h1-3,12-13H,10H2. The summed E-state index contributed by atoms with van der Waals surface area (Å²) in [4.78, 5) is 10.7. The van der Waals surface area contributed by atoms with E-state index < -0.39 is 16.0 Å². The number of carbonyl (C=O) groups is 1. The summed E-state index contributed by atoms with van der Waals surface area (Å²) in [6.45, 7) is 0. The number of benzene rings is 1. The van der Waals surface area contributed by atoms with Crippen LogP contribution in [0.4, 0.5) is 0 Å². The van der Waals surface area contributed by atoms with Crippen LogP contribution in [0, 0.1) is 0 Å². The summed E-state index contributed by atoms with van der Waals surface area (Å²) >= 11 is 10.9. The first-order chi connectivity index (χ1) is 6.32. The quantitative estimate of drug-likeness (QED) is 0.710. The highest BCUT2D eigenvalue weighted by atomic mass is 35.5. The largest absolute Gasteiger partial charge is 0.282 e. The van der Waals surface area contributed by atoms with Gasteiger partial charge in [-0.2, -0.15) is 0 Å². The summed E-state index contributed by atoms with van der Waals surface area (Å²) in [6.07, 6.45) is 0. The SMILES string of the molecule is NS(O)(O)c1cc(C(=O)Cl)ccc1Cl. The van der Waals surface area contributed by atoms with Gasteiger partial charge in [0.2, 0.25) is 0 Å². The second kappa shape index (κ2) is 4.06. The van der Waals surface area contributed by atoms with Crippen molar-refractivity contribution in [3.63, 3.8) is 0 Å². The molecule has 0 heterocycles. The lowest BCUT2D eigenvalue weighted by Gasteiger charge is -2.27. The number of hydrogen-bond donors (Lipinski definition) is 3. The zero-order valence-corrected chi connectivity index (χ0v) is 9.10. The Balaban J connectivity index is 3.29. The Hall–Kier alpha value is -0.300. The molecule has 0 aliphatic carbocycles. The van der Waals surface area contributed by atoms with Crippen molar-refractivity contribution in [1.29, 1.82) is 0 Å². The van der Waals surface area contributed by atoms with Gasteiger partial charge < -0.3 is 0 Å². The minimum absolute atomic E-state index is 0.0779. The van der Waals surface area contributed by atoms with Crippen molar-refractivity contribution < 1.29 is 13.9 Å². The van der Waals surface area contributed by atoms with E-state index >= 15 is 0 Å². The summed E-state index contributed by atoms with van der Waals surface area (Å²) in [5.74, 6) is 0. The molecular weight excluding hydrogens is 249 g/mol. The van der Waals surface area contributed by atoms with Crippen LogP contribution < -0.4 is 5.14 Å². The molecule has 0 unspecified atom stereocenters. The second-order valence-corrected chi connectivity index (χ2v) is 4.89. The molecule has 7 heteroatoms. The van der Waals surface area contributed by atoms with Crippen molar-refractivity contribution in [3.8, 4) is 0 Å². The first-order valence-corrected chi connectivity index (χ1v) is 5.74. The van der Waals surface area contributed by atoms with Gasteiger partial charge in [-0.25, -0.2) is 5.14 Å². The molecule has 4 N–H and O–H groups in total. The third kappa shape index (κ3) is 2.60. The average Bonchev–Trinajstić information content (AvgIpc) is 2.02. The summed E-state index contributed by atoms with van der Waals surface area (Å²) in [5.41, 5.74) is 0.108. The molecule has 0 aromatic heterocycles. The molecule has 1 rings (SSSR count). The monoisotopic (exact) mass is 255 g/mol. The van der Waals surface area contributed by atoms with Crippen molar-refractivity contribution in [2.45, 2.75) is 4.90 Å². The molecule has 0 amide bonds. The summed E-state index contributed by atoms with van der Waals surface area (Å²) < 4.78 is 18.3. The molecule has 0 bridgehead atoms. The van der Waals surface area contributed by atoms with Crippen molar-refractivity contribution in [3.05, 3.63) is 28.8 Å². The van der Waals surface area contributed by atoms with Crippen LogP contribution in [0.2, 0.25) is 5.02 Å². The third-order valence-corrected chi connectivity index (χ3v) is 3.13. The fourth-order valence-electron chi connectivity index (χ4n) is 0.856. The van der Waals surface area contributed by atoms with E-state index in [2.05, 4.69) is 0 Å². The number of nitrogens with two attached hydrogens (primary N) is 1. The van der Waals surface area contributed by atoms with Crippen LogP contribution in [0.1, 0.15) is 10.4 Å². The van der Waals surface area contributed by atoms with Crippen LogP contribution in [0.5, 0.6) is 0 Å². The topological polar surface area (TPSA) is 83.6 Å². The number of rotatable bonds is 2. The smallest absolute Gasteiger partial charge is 0.252 e. The lowest BCUT2D eigenvalue weighted by molar-refractivity contribution is 0.108. The molecule has 0 atom stereocenters. The lowest BCUT2D eigenvalue weighted by Crippen LogP contribution is -2.09. The molecular formula is C7H7Cl2NO3S. The molecule has 14 heavy (non-hydrogen) atoms. The first kappa shape index (κ1) is 11.8. The number of hydrogen-bond acceptors (Lipinski definition) is 4. The van der Waals surface area contributed by atoms with Crippen LogP contribution in [0.25, 0.3) is 0 Å². The van der Waals surface area contributed by atoms with Crippen molar-refractivity contribution >= 4 is 39.2 Å². The minimum Gasteiger partial charge on any atom is -0.282 e. The van der Waals surface area contributed by atoms with Crippen molar-refractivity contribution in [2.24, 2.45) is 5.14 Å². The molecule has 4 nitrogen and oxygen atoms in total. The molecule has 0 aliphatic heterocycles. The van der Waals surface area contributed by atoms with Crippen LogP contribution in [0.3, 0.4) is 0 Å². The maximum Gasteiger partial charge on any atom is 0.252 e. The maximum absolute atomic E-state index is 10.8. The fraction of sp³-hybridized carbons (Fsp3) is 0. The predicted octanol–water partition coefficient (Wildman–Crippen LogP) is 2.70. The summed E-state index contributed by atoms with van der Waals surface area (Å²) in [6, 6.07) is 3.85. The average molecular weight is 256 g/mol. The lowest BCUT2D eigenvalue weighted by atomic mass is 10.2. The minimum atomic E-state index is -3.43. The van der Waals surface area contributed by atoms with Gasteiger partial charge in [-0.1, -0.05) is 11.6 Å². The third-order valence-electron chi connectivity index (χ3n) is 1.48. The van der Waals surface area contributed by atoms with E-state index in [9.17, 15) is 4.79 Å². The van der Waals surface area contributed by atoms with Crippen molar-refractivity contribution in [2.75, 3.05) is 0 Å². The van der Waals surface area contributed by atoms with Gasteiger partial charge in [0.1, 0.15) is 0 Å². The second-order valence-electron chi connectivity index (χ2n) is 2.51. The van der Waals surface area contributed by atoms with Crippen LogP contribution >= 0.6 is 34.0 Å². The molecule has 0 aliphatic rings. The molecule has 0 saturated carbocycles. The fourth-order valence-corrected chi connectivity index (χ4v) is 2.09. The zero-order chi connectivity index (χ0) is 10.9. The Morgan fingerprint density at radius 2 is 2.00 bits per heavy atom. The summed E-state index contributed by atoms with van der Waals surface area (Å²) in [7, 11) is -3.43. The van der Waals surface area contributed by atoms with Crippen molar-refractivity contribution in [1.82, 2.24) is 0 Å². The highest BCUT2D eigenvalue weighted by molar-refractivity contribution is 8.22. The molecule has 0 saturated heterocycles. The summed E-state index contributed by atoms with van der Waals surface area (Å²) in [5, 5.41) is 4.44. The Morgan fingerprint density at radius 1 is 1.43 bits per heavy atom. The molecule has 1 aromatic carbocycles. The van der Waals surface area contributed by atoms with Crippen LogP contribution in [-0.4, -0.2) is 14.3 Å². The van der Waals surface area contributed by atoms with Gasteiger partial charge in [0.25, 0.3) is 5.24 Å². The molecule has 0 fully saturated rings. The molecule has 78 valence electrons. The van der Waals surface area contributed by atoms with Gasteiger partial charge in [-0.15, -0.1) is 10.8 Å². The Kier molecular flexibility index (Phi) is 3.41. The molecule has 1 aromatic rings. The van der Waals surface area contributed by atoms with E-state index in [1.165, 1.54) is 12.1 Å². The Labute approximate surface area is 92.1 Å². The van der Waals surface area contributed by atoms with Gasteiger partial charge in [0.05, 0.1) is 9.92 Å². The highest BCUT2D eigenvalue weighted by Gasteiger charge is 2.16. The van der Waals surface area contributed by atoms with Gasteiger partial charge in [0, 0.05) is 5.56 Å². The van der Waals surface area contributed by atoms with E-state index in [0.29, 0.717) is 0 Å². The predicted molar refractivity (Wildman–Crippen MR) is 56.9 cm³/mol. The van der Waals surface area contributed by atoms with E-state index in [1.54, 1.807) is 0 Å². The molecule has 0 spiro atoms. The normalized spacial score (nSPS) is 12.6. The number of halogens is 2. The Bertz CT molecular complexity index is 378. The van der Waals surface area contributed by atoms with Gasteiger partial charge >= 0.3 is 0 Å². The van der Waals surface area contributed by atoms with Gasteiger partial charge in [0.15, 0.2) is 0 Å². The highest BCUT2D eigenvalue weighted by Crippen LogP contribution is 2.44. The number of carbonyl (C=O) groups excluding carboxylic acids is 1.